The lowest BCUT2D eigenvalue weighted by Crippen LogP contribution is -2.51. The molecule has 0 spiro atoms. The lowest BCUT2D eigenvalue weighted by atomic mass is 10.1. The van der Waals surface area contributed by atoms with Crippen LogP contribution in [0.1, 0.15) is 19.3 Å². The van der Waals surface area contributed by atoms with Crippen molar-refractivity contribution in [3.8, 4) is 5.75 Å². The fourth-order valence-electron chi connectivity index (χ4n) is 2.51. The van der Waals surface area contributed by atoms with Crippen LogP contribution in [0.4, 0.5) is 9.18 Å². The highest BCUT2D eigenvalue weighted by Gasteiger charge is 2.28. The Morgan fingerprint density at radius 1 is 1.24 bits per heavy atom. The Kier molecular flexibility index (Phi) is 6.15. The summed E-state index contributed by atoms with van der Waals surface area (Å²) in [6.07, 6.45) is -0.0413. The summed E-state index contributed by atoms with van der Waals surface area (Å²) >= 11 is 0. The number of carboxylic acids is 2. The van der Waals surface area contributed by atoms with Crippen LogP contribution in [0.25, 0.3) is 0 Å². The van der Waals surface area contributed by atoms with Gasteiger partial charge in [-0.05, 0) is 12.1 Å². The lowest BCUT2D eigenvalue weighted by Gasteiger charge is -2.32. The number of nitrogens with one attached hydrogen (secondary N) is 1. The molecule has 8 nitrogen and oxygen atoms in total. The van der Waals surface area contributed by atoms with Crippen molar-refractivity contribution in [1.29, 1.82) is 0 Å². The van der Waals surface area contributed by atoms with E-state index in [-0.39, 0.29) is 11.9 Å². The van der Waals surface area contributed by atoms with Gasteiger partial charge in [0.15, 0.2) is 11.6 Å². The summed E-state index contributed by atoms with van der Waals surface area (Å²) in [5.41, 5.74) is 0. The van der Waals surface area contributed by atoms with Crippen molar-refractivity contribution in [3.05, 3.63) is 30.1 Å². The number of amides is 2. The predicted molar refractivity (Wildman–Crippen MR) is 83.8 cm³/mol. The normalized spacial score (nSPS) is 16.1. The molecule has 1 aliphatic heterocycles. The number of carbonyl (C=O) groups excluding carboxylic acids is 1. The number of ether oxygens (including phenoxy) is 1. The Morgan fingerprint density at radius 2 is 1.88 bits per heavy atom. The number of rotatable bonds is 6. The van der Waals surface area contributed by atoms with Crippen LogP contribution in [0.5, 0.6) is 5.75 Å². The van der Waals surface area contributed by atoms with E-state index >= 15 is 0 Å². The van der Waals surface area contributed by atoms with Crippen LogP contribution in [0.3, 0.4) is 0 Å². The molecule has 2 amide bonds. The molecule has 0 aliphatic carbocycles. The molecular formula is C16H19FN2O6. The fraction of sp³-hybridized carbons (Fsp3) is 0.438. The van der Waals surface area contributed by atoms with E-state index in [1.807, 2.05) is 0 Å². The number of likely N-dealkylation sites (tertiary alicyclic amines) is 1. The topological polar surface area (TPSA) is 116 Å². The maximum Gasteiger partial charge on any atom is 0.326 e. The van der Waals surface area contributed by atoms with Gasteiger partial charge in [0.05, 0.1) is 6.42 Å². The molecular weight excluding hydrogens is 335 g/mol. The van der Waals surface area contributed by atoms with Gasteiger partial charge in [0.1, 0.15) is 12.1 Å². The Balaban J connectivity index is 1.84. The van der Waals surface area contributed by atoms with E-state index in [9.17, 15) is 18.8 Å². The molecule has 0 saturated carbocycles. The summed E-state index contributed by atoms with van der Waals surface area (Å²) in [7, 11) is 0. The van der Waals surface area contributed by atoms with E-state index in [4.69, 9.17) is 14.9 Å². The van der Waals surface area contributed by atoms with Crippen molar-refractivity contribution in [2.24, 2.45) is 0 Å². The van der Waals surface area contributed by atoms with Gasteiger partial charge in [-0.2, -0.15) is 0 Å². The summed E-state index contributed by atoms with van der Waals surface area (Å²) in [6, 6.07) is 3.92. The standard InChI is InChI=1S/C16H19FN2O6/c17-11-3-1-2-4-13(11)25-10-5-7-19(8-6-10)16(24)18-12(15(22)23)9-14(20)21/h1-4,10,12H,5-9H2,(H,18,24)(H,20,21)(H,22,23)/t12-/m1/s1. The van der Waals surface area contributed by atoms with Gasteiger partial charge in [-0.1, -0.05) is 12.1 Å². The zero-order chi connectivity index (χ0) is 18.4. The molecule has 1 aromatic rings. The largest absolute Gasteiger partial charge is 0.487 e. The highest BCUT2D eigenvalue weighted by molar-refractivity contribution is 5.86. The summed E-state index contributed by atoms with van der Waals surface area (Å²) in [6.45, 7) is 0.592. The molecule has 1 aromatic carbocycles. The van der Waals surface area contributed by atoms with Crippen molar-refractivity contribution >= 4 is 18.0 Å². The maximum absolute atomic E-state index is 13.6. The van der Waals surface area contributed by atoms with Crippen molar-refractivity contribution < 1.29 is 33.7 Å². The van der Waals surface area contributed by atoms with Crippen LogP contribution in [-0.2, 0) is 9.59 Å². The number of para-hydroxylation sites is 1. The molecule has 1 heterocycles. The SMILES string of the molecule is O=C(O)C[C@@H](NC(=O)N1CCC(Oc2ccccc2F)CC1)C(=O)O. The Labute approximate surface area is 143 Å². The molecule has 0 aromatic heterocycles. The number of hydrogen-bond acceptors (Lipinski definition) is 4. The minimum atomic E-state index is -1.49. The molecule has 1 fully saturated rings. The van der Waals surface area contributed by atoms with Crippen LogP contribution in [0.15, 0.2) is 24.3 Å². The Hall–Kier alpha value is -2.84. The van der Waals surface area contributed by atoms with Gasteiger partial charge in [-0.25, -0.2) is 14.0 Å². The predicted octanol–water partition coefficient (Wildman–Crippen LogP) is 1.31. The number of carbonyl (C=O) groups is 3. The molecule has 2 rings (SSSR count). The second-order valence-corrected chi connectivity index (χ2v) is 5.67. The second kappa shape index (κ2) is 8.32. The van der Waals surface area contributed by atoms with Crippen LogP contribution >= 0.6 is 0 Å². The van der Waals surface area contributed by atoms with Crippen molar-refractivity contribution in [2.75, 3.05) is 13.1 Å². The van der Waals surface area contributed by atoms with Gasteiger partial charge >= 0.3 is 18.0 Å². The van der Waals surface area contributed by atoms with E-state index in [0.717, 1.165) is 0 Å². The first-order valence-electron chi connectivity index (χ1n) is 7.78. The van der Waals surface area contributed by atoms with Crippen LogP contribution in [-0.4, -0.2) is 58.3 Å². The summed E-state index contributed by atoms with van der Waals surface area (Å²) in [5, 5.41) is 19.8. The molecule has 25 heavy (non-hydrogen) atoms. The first kappa shape index (κ1) is 18.5. The molecule has 1 atom stereocenters. The molecule has 1 saturated heterocycles. The van der Waals surface area contributed by atoms with Gasteiger partial charge in [0.25, 0.3) is 0 Å². The number of aliphatic carboxylic acids is 2. The molecule has 136 valence electrons. The van der Waals surface area contributed by atoms with Gasteiger partial charge in [0, 0.05) is 25.9 Å². The van der Waals surface area contributed by atoms with Crippen molar-refractivity contribution in [3.63, 3.8) is 0 Å². The van der Waals surface area contributed by atoms with E-state index in [1.165, 1.54) is 17.0 Å². The minimum Gasteiger partial charge on any atom is -0.487 e. The van der Waals surface area contributed by atoms with Crippen molar-refractivity contribution in [2.45, 2.75) is 31.4 Å². The first-order chi connectivity index (χ1) is 11.9. The number of benzene rings is 1. The van der Waals surface area contributed by atoms with Gasteiger partial charge < -0.3 is 25.2 Å². The van der Waals surface area contributed by atoms with E-state index in [1.54, 1.807) is 12.1 Å². The average molecular weight is 354 g/mol. The second-order valence-electron chi connectivity index (χ2n) is 5.67. The Bertz CT molecular complexity index is 645. The quantitative estimate of drug-likeness (QED) is 0.709. The monoisotopic (exact) mass is 354 g/mol. The van der Waals surface area contributed by atoms with Crippen molar-refractivity contribution in [1.82, 2.24) is 10.2 Å². The summed E-state index contributed by atoms with van der Waals surface area (Å²) in [5.74, 6) is -3.03. The van der Waals surface area contributed by atoms with Crippen LogP contribution < -0.4 is 10.1 Å². The number of piperidine rings is 1. The number of hydrogen-bond donors (Lipinski definition) is 3. The smallest absolute Gasteiger partial charge is 0.326 e. The lowest BCUT2D eigenvalue weighted by molar-refractivity contribution is -0.145. The van der Waals surface area contributed by atoms with Gasteiger partial charge in [0.2, 0.25) is 0 Å². The van der Waals surface area contributed by atoms with Gasteiger partial charge in [-0.3, -0.25) is 4.79 Å². The maximum atomic E-state index is 13.6. The first-order valence-corrected chi connectivity index (χ1v) is 7.78. The summed E-state index contributed by atoms with van der Waals surface area (Å²) < 4.78 is 19.2. The molecule has 9 heteroatoms. The minimum absolute atomic E-state index is 0.151. The third-order valence-electron chi connectivity index (χ3n) is 3.83. The number of urea groups is 1. The third-order valence-corrected chi connectivity index (χ3v) is 3.83. The highest BCUT2D eigenvalue weighted by Crippen LogP contribution is 2.21. The van der Waals surface area contributed by atoms with Crippen LogP contribution in [0, 0.1) is 5.82 Å². The molecule has 1 aliphatic rings. The zero-order valence-corrected chi connectivity index (χ0v) is 13.4. The Morgan fingerprint density at radius 3 is 2.44 bits per heavy atom. The number of halogens is 1. The highest BCUT2D eigenvalue weighted by atomic mass is 19.1. The third kappa shape index (κ3) is 5.33. The van der Waals surface area contributed by atoms with Gasteiger partial charge in [-0.15, -0.1) is 0 Å². The zero-order valence-electron chi connectivity index (χ0n) is 13.4. The molecule has 3 N–H and O–H groups in total. The molecule has 0 radical (unpaired) electrons. The van der Waals surface area contributed by atoms with E-state index in [0.29, 0.717) is 25.9 Å². The number of nitrogens with zero attached hydrogens (tertiary/aromatic N) is 1. The van der Waals surface area contributed by atoms with Crippen LogP contribution in [0.2, 0.25) is 0 Å². The van der Waals surface area contributed by atoms with E-state index in [2.05, 4.69) is 5.32 Å². The summed E-state index contributed by atoms with van der Waals surface area (Å²) in [4.78, 5) is 35.1. The molecule has 0 bridgehead atoms. The number of carboxylic acid groups (broad SMARTS) is 2. The average Bonchev–Trinajstić information content (AvgIpc) is 2.56. The van der Waals surface area contributed by atoms with E-state index < -0.39 is 36.2 Å². The fourth-order valence-corrected chi connectivity index (χ4v) is 2.51. The molecule has 0 unspecified atom stereocenters.